The van der Waals surface area contributed by atoms with Crippen LogP contribution in [0.15, 0.2) is 46.1 Å². The van der Waals surface area contributed by atoms with E-state index in [0.717, 1.165) is 29.5 Å². The number of likely N-dealkylation sites (tertiary alicyclic amines) is 1. The van der Waals surface area contributed by atoms with Gasteiger partial charge in [0.2, 0.25) is 0 Å². The zero-order chi connectivity index (χ0) is 22.0. The lowest BCUT2D eigenvalue weighted by atomic mass is 10.2. The van der Waals surface area contributed by atoms with E-state index in [9.17, 15) is 4.79 Å². The van der Waals surface area contributed by atoms with E-state index in [1.165, 1.54) is 19.5 Å². The molecule has 1 saturated heterocycles. The fourth-order valence-electron chi connectivity index (χ4n) is 4.21. The van der Waals surface area contributed by atoms with Crippen molar-refractivity contribution in [2.45, 2.75) is 31.6 Å². The van der Waals surface area contributed by atoms with Crippen molar-refractivity contribution in [2.75, 3.05) is 33.4 Å². The first-order valence-corrected chi connectivity index (χ1v) is 11.2. The van der Waals surface area contributed by atoms with Crippen molar-refractivity contribution in [3.8, 4) is 17.2 Å². The quantitative estimate of drug-likeness (QED) is 0.444. The number of aromatic nitrogens is 2. The second-order valence-electron chi connectivity index (χ2n) is 8.23. The van der Waals surface area contributed by atoms with Crippen molar-refractivity contribution in [1.29, 1.82) is 0 Å². The lowest BCUT2D eigenvalue weighted by Gasteiger charge is -2.17. The molecule has 3 aromatic rings. The van der Waals surface area contributed by atoms with Crippen LogP contribution in [0.5, 0.6) is 11.5 Å². The van der Waals surface area contributed by atoms with Crippen LogP contribution in [0.3, 0.4) is 0 Å². The molecule has 1 aliphatic heterocycles. The maximum Gasteiger partial charge on any atom is 0.266 e. The Hall–Kier alpha value is -2.51. The van der Waals surface area contributed by atoms with Crippen LogP contribution in [0.25, 0.3) is 16.6 Å². The Morgan fingerprint density at radius 1 is 1.23 bits per heavy atom. The predicted molar refractivity (Wildman–Crippen MR) is 126 cm³/mol. The highest BCUT2D eigenvalue weighted by Crippen LogP contribution is 2.28. The van der Waals surface area contributed by atoms with Crippen molar-refractivity contribution in [3.05, 3.63) is 52.6 Å². The molecule has 0 saturated carbocycles. The largest absolute Gasteiger partial charge is 0.494 e. The summed E-state index contributed by atoms with van der Waals surface area (Å²) in [5.74, 6) is 2.69. The molecule has 2 heterocycles. The maximum absolute atomic E-state index is 13.2. The minimum absolute atomic E-state index is 0.148. The number of benzene rings is 2. The highest BCUT2D eigenvalue weighted by Gasteiger charge is 2.18. The Bertz CT molecular complexity index is 1140. The Morgan fingerprint density at radius 2 is 2.06 bits per heavy atom. The first-order chi connectivity index (χ1) is 15.0. The first-order valence-electron chi connectivity index (χ1n) is 10.7. The standard InChI is InChI=1S/C24H29N3O3S/c1-16-9-11-26(15-16)10-4-12-30-18-5-8-22(23(13-18)29-3)27-17(2)25-21-7-6-19(31)14-20(21)24(27)28/h5-8,13-14,16,31H,4,9-12,15H2,1-3H3. The minimum Gasteiger partial charge on any atom is -0.494 e. The number of hydrogen-bond acceptors (Lipinski definition) is 6. The Morgan fingerprint density at radius 3 is 2.81 bits per heavy atom. The average molecular weight is 440 g/mol. The van der Waals surface area contributed by atoms with Gasteiger partial charge in [0, 0.05) is 24.1 Å². The van der Waals surface area contributed by atoms with Crippen LogP contribution in [-0.2, 0) is 0 Å². The van der Waals surface area contributed by atoms with E-state index in [1.807, 2.05) is 37.3 Å². The van der Waals surface area contributed by atoms with Crippen molar-refractivity contribution >= 4 is 23.5 Å². The van der Waals surface area contributed by atoms with Gasteiger partial charge in [-0.3, -0.25) is 9.36 Å². The molecule has 4 rings (SSSR count). The Kier molecular flexibility index (Phi) is 6.53. The molecule has 2 aromatic carbocycles. The number of ether oxygens (including phenoxy) is 2. The lowest BCUT2D eigenvalue weighted by molar-refractivity contribution is 0.259. The van der Waals surface area contributed by atoms with Crippen LogP contribution in [0.1, 0.15) is 25.6 Å². The van der Waals surface area contributed by atoms with E-state index < -0.39 is 0 Å². The summed E-state index contributed by atoms with van der Waals surface area (Å²) < 4.78 is 13.1. The smallest absolute Gasteiger partial charge is 0.266 e. The van der Waals surface area contributed by atoms with Gasteiger partial charge in [-0.25, -0.2) is 4.98 Å². The predicted octanol–water partition coefficient (Wildman–Crippen LogP) is 4.10. The summed E-state index contributed by atoms with van der Waals surface area (Å²) in [6, 6.07) is 10.9. The summed E-state index contributed by atoms with van der Waals surface area (Å²) >= 11 is 4.36. The molecule has 0 bridgehead atoms. The minimum atomic E-state index is -0.148. The van der Waals surface area contributed by atoms with Crippen molar-refractivity contribution in [3.63, 3.8) is 0 Å². The SMILES string of the molecule is COc1cc(OCCCN2CCC(C)C2)ccc1-n1c(C)nc2ccc(S)cc2c1=O. The Labute approximate surface area is 188 Å². The summed E-state index contributed by atoms with van der Waals surface area (Å²) in [6.07, 6.45) is 2.27. The van der Waals surface area contributed by atoms with E-state index in [2.05, 4.69) is 29.4 Å². The topological polar surface area (TPSA) is 56.6 Å². The summed E-state index contributed by atoms with van der Waals surface area (Å²) in [5, 5.41) is 0.525. The number of thiol groups is 1. The van der Waals surface area contributed by atoms with Crippen molar-refractivity contribution in [2.24, 2.45) is 5.92 Å². The molecule has 1 atom stereocenters. The molecule has 0 radical (unpaired) electrons. The zero-order valence-electron chi connectivity index (χ0n) is 18.3. The molecule has 1 fully saturated rings. The van der Waals surface area contributed by atoms with E-state index in [0.29, 0.717) is 34.8 Å². The molecule has 164 valence electrons. The van der Waals surface area contributed by atoms with E-state index in [1.54, 1.807) is 17.7 Å². The van der Waals surface area contributed by atoms with E-state index >= 15 is 0 Å². The molecule has 1 aliphatic rings. The summed E-state index contributed by atoms with van der Waals surface area (Å²) in [5.41, 5.74) is 1.15. The van der Waals surface area contributed by atoms with E-state index in [-0.39, 0.29) is 5.56 Å². The number of rotatable bonds is 7. The van der Waals surface area contributed by atoms with Crippen molar-refractivity contribution < 1.29 is 9.47 Å². The molecule has 0 amide bonds. The van der Waals surface area contributed by atoms with Gasteiger partial charge in [0.15, 0.2) is 0 Å². The van der Waals surface area contributed by atoms with E-state index in [4.69, 9.17) is 9.47 Å². The lowest BCUT2D eigenvalue weighted by Crippen LogP contribution is -2.23. The van der Waals surface area contributed by atoms with Gasteiger partial charge in [0.25, 0.3) is 5.56 Å². The van der Waals surface area contributed by atoms with Gasteiger partial charge < -0.3 is 14.4 Å². The fourth-order valence-corrected chi connectivity index (χ4v) is 4.41. The summed E-state index contributed by atoms with van der Waals surface area (Å²) in [7, 11) is 1.60. The third-order valence-electron chi connectivity index (χ3n) is 5.81. The monoisotopic (exact) mass is 439 g/mol. The van der Waals surface area contributed by atoms with Gasteiger partial charge in [0.05, 0.1) is 30.3 Å². The molecular formula is C24H29N3O3S. The molecule has 1 aromatic heterocycles. The number of methoxy groups -OCH3 is 1. The maximum atomic E-state index is 13.2. The summed E-state index contributed by atoms with van der Waals surface area (Å²) in [6.45, 7) is 8.20. The van der Waals surface area contributed by atoms with Gasteiger partial charge in [0.1, 0.15) is 17.3 Å². The molecular weight excluding hydrogens is 410 g/mol. The molecule has 0 spiro atoms. The molecule has 6 nitrogen and oxygen atoms in total. The average Bonchev–Trinajstić information content (AvgIpc) is 3.17. The second kappa shape index (κ2) is 9.32. The molecule has 1 unspecified atom stereocenters. The molecule has 0 N–H and O–H groups in total. The van der Waals surface area contributed by atoms with Crippen LogP contribution in [0.4, 0.5) is 0 Å². The van der Waals surface area contributed by atoms with Crippen molar-refractivity contribution in [1.82, 2.24) is 14.5 Å². The van der Waals surface area contributed by atoms with Crippen LogP contribution in [-0.4, -0.2) is 47.8 Å². The molecule has 31 heavy (non-hydrogen) atoms. The van der Waals surface area contributed by atoms with Gasteiger partial charge in [-0.2, -0.15) is 0 Å². The number of hydrogen-bond donors (Lipinski definition) is 1. The Balaban J connectivity index is 1.54. The van der Waals surface area contributed by atoms with Crippen LogP contribution in [0.2, 0.25) is 0 Å². The molecule has 7 heteroatoms. The number of fused-ring (bicyclic) bond motifs is 1. The summed E-state index contributed by atoms with van der Waals surface area (Å²) in [4.78, 5) is 21.0. The normalized spacial score (nSPS) is 16.7. The number of nitrogens with zero attached hydrogens (tertiary/aromatic N) is 3. The zero-order valence-corrected chi connectivity index (χ0v) is 19.2. The highest BCUT2D eigenvalue weighted by atomic mass is 32.1. The van der Waals surface area contributed by atoms with Crippen LogP contribution >= 0.6 is 12.6 Å². The van der Waals surface area contributed by atoms with Crippen LogP contribution < -0.4 is 15.0 Å². The van der Waals surface area contributed by atoms with Gasteiger partial charge in [-0.1, -0.05) is 6.92 Å². The fraction of sp³-hybridized carbons (Fsp3) is 0.417. The van der Waals surface area contributed by atoms with Crippen LogP contribution in [0, 0.1) is 12.8 Å². The highest BCUT2D eigenvalue weighted by molar-refractivity contribution is 7.80. The van der Waals surface area contributed by atoms with Gasteiger partial charge in [-0.15, -0.1) is 12.6 Å². The first kappa shape index (κ1) is 21.7. The second-order valence-corrected chi connectivity index (χ2v) is 8.75. The number of aryl methyl sites for hydroxylation is 1. The third kappa shape index (κ3) is 4.72. The van der Waals surface area contributed by atoms with Gasteiger partial charge in [-0.05, 0) is 62.6 Å². The molecule has 0 aliphatic carbocycles. The third-order valence-corrected chi connectivity index (χ3v) is 6.09. The van der Waals surface area contributed by atoms with Gasteiger partial charge >= 0.3 is 0 Å².